The van der Waals surface area contributed by atoms with Crippen LogP contribution in [0.1, 0.15) is 5.56 Å². The van der Waals surface area contributed by atoms with Gasteiger partial charge in [-0.3, -0.25) is 9.88 Å². The fourth-order valence-electron chi connectivity index (χ4n) is 3.22. The summed E-state index contributed by atoms with van der Waals surface area (Å²) in [7, 11) is 1.49. The zero-order valence-corrected chi connectivity index (χ0v) is 14.7. The average molecular weight is 377 g/mol. The van der Waals surface area contributed by atoms with E-state index in [-0.39, 0.29) is 12.5 Å². The highest BCUT2D eigenvalue weighted by atomic mass is 19.1. The Balaban J connectivity index is 1.73. The Morgan fingerprint density at radius 2 is 2.33 bits per heavy atom. The minimum atomic E-state index is -1.13. The normalized spacial score (nSPS) is 18.9. The van der Waals surface area contributed by atoms with Gasteiger partial charge in [-0.25, -0.2) is 14.2 Å². The maximum atomic E-state index is 14.4. The lowest BCUT2D eigenvalue weighted by Gasteiger charge is -2.16. The summed E-state index contributed by atoms with van der Waals surface area (Å²) < 4.78 is 19.5. The minimum Gasteiger partial charge on any atom is -0.481 e. The molecule has 2 aromatic rings. The quantitative estimate of drug-likeness (QED) is 0.513. The molecule has 9 nitrogen and oxygen atoms in total. The lowest BCUT2D eigenvalue weighted by atomic mass is 10.1. The Bertz CT molecular complexity index is 876. The van der Waals surface area contributed by atoms with Gasteiger partial charge in [0.2, 0.25) is 5.88 Å². The third kappa shape index (κ3) is 4.22. The Hall–Kier alpha value is -3.01. The average Bonchev–Trinajstić information content (AvgIpc) is 3.07. The standard InChI is InChI=1S/C17H20FN5O4/c1-27-15-3-2-13-16(21-15)11(12(18)7-19-13)4-5-23-8-10(6-20-17(24)25)14(9-23)22-26/h2-3,7,10,20,26H,4-6,8-9H2,1H3,(H,24,25)/t10-/m1/s1. The van der Waals surface area contributed by atoms with E-state index in [1.807, 2.05) is 4.90 Å². The molecule has 27 heavy (non-hydrogen) atoms. The van der Waals surface area contributed by atoms with Crippen molar-refractivity contribution in [3.05, 3.63) is 29.7 Å². The number of fused-ring (bicyclic) bond motifs is 1. The molecule has 10 heteroatoms. The first-order valence-corrected chi connectivity index (χ1v) is 8.40. The topological polar surface area (TPSA) is 120 Å². The summed E-state index contributed by atoms with van der Waals surface area (Å²) >= 11 is 0. The van der Waals surface area contributed by atoms with Crippen LogP contribution in [0, 0.1) is 11.7 Å². The molecule has 1 atom stereocenters. The number of halogens is 1. The monoisotopic (exact) mass is 377 g/mol. The largest absolute Gasteiger partial charge is 0.481 e. The molecule has 1 aliphatic rings. The number of oxime groups is 1. The third-order valence-electron chi connectivity index (χ3n) is 4.59. The molecule has 1 fully saturated rings. The van der Waals surface area contributed by atoms with Crippen molar-refractivity contribution in [2.45, 2.75) is 6.42 Å². The fourth-order valence-corrected chi connectivity index (χ4v) is 3.22. The van der Waals surface area contributed by atoms with Crippen molar-refractivity contribution in [1.29, 1.82) is 0 Å². The Labute approximate surface area is 154 Å². The first-order valence-electron chi connectivity index (χ1n) is 8.40. The van der Waals surface area contributed by atoms with E-state index in [1.165, 1.54) is 13.3 Å². The Morgan fingerprint density at radius 1 is 1.52 bits per heavy atom. The van der Waals surface area contributed by atoms with E-state index in [1.54, 1.807) is 12.1 Å². The summed E-state index contributed by atoms with van der Waals surface area (Å²) in [5.41, 5.74) is 1.97. The predicted molar refractivity (Wildman–Crippen MR) is 94.9 cm³/mol. The summed E-state index contributed by atoms with van der Waals surface area (Å²) in [4.78, 5) is 21.0. The molecule has 1 amide bonds. The lowest BCUT2D eigenvalue weighted by molar-refractivity contribution is 0.193. The molecule has 0 unspecified atom stereocenters. The third-order valence-corrected chi connectivity index (χ3v) is 4.59. The van der Waals surface area contributed by atoms with Crippen molar-refractivity contribution in [1.82, 2.24) is 20.2 Å². The maximum Gasteiger partial charge on any atom is 0.404 e. The number of nitrogens with one attached hydrogen (secondary N) is 1. The molecule has 3 heterocycles. The van der Waals surface area contributed by atoms with E-state index in [9.17, 15) is 9.18 Å². The van der Waals surface area contributed by atoms with Crippen molar-refractivity contribution < 1.29 is 24.2 Å². The van der Waals surface area contributed by atoms with Crippen LogP contribution in [0.3, 0.4) is 0 Å². The van der Waals surface area contributed by atoms with Crippen LogP contribution in [-0.4, -0.2) is 70.3 Å². The predicted octanol–water partition coefficient (Wildman–Crippen LogP) is 1.35. The number of rotatable bonds is 6. The van der Waals surface area contributed by atoms with Gasteiger partial charge in [-0.15, -0.1) is 0 Å². The number of hydrogen-bond acceptors (Lipinski definition) is 7. The second kappa shape index (κ2) is 8.12. The highest BCUT2D eigenvalue weighted by Crippen LogP contribution is 2.22. The molecule has 0 aromatic carbocycles. The fraction of sp³-hybridized carbons (Fsp3) is 0.412. The number of carboxylic acid groups (broad SMARTS) is 1. The molecule has 0 radical (unpaired) electrons. The van der Waals surface area contributed by atoms with Gasteiger partial charge < -0.3 is 20.4 Å². The van der Waals surface area contributed by atoms with Gasteiger partial charge in [0.25, 0.3) is 0 Å². The number of carbonyl (C=O) groups is 1. The molecule has 3 N–H and O–H groups in total. The van der Waals surface area contributed by atoms with Crippen molar-refractivity contribution >= 4 is 22.8 Å². The Morgan fingerprint density at radius 3 is 3.04 bits per heavy atom. The lowest BCUT2D eigenvalue weighted by Crippen LogP contribution is -2.32. The number of amides is 1. The molecule has 0 bridgehead atoms. The first kappa shape index (κ1) is 18.8. The van der Waals surface area contributed by atoms with Crippen LogP contribution < -0.4 is 10.1 Å². The number of ether oxygens (including phenoxy) is 1. The van der Waals surface area contributed by atoms with Crippen LogP contribution in [0.2, 0.25) is 0 Å². The molecular formula is C17H20FN5O4. The zero-order chi connectivity index (χ0) is 19.4. The molecule has 0 saturated carbocycles. The van der Waals surface area contributed by atoms with Crippen LogP contribution in [0.5, 0.6) is 5.88 Å². The SMILES string of the molecule is COc1ccc2ncc(F)c(CCN3CC(=NO)[C@H](CNC(=O)O)C3)c2n1. The molecule has 144 valence electrons. The number of nitrogens with zero attached hydrogens (tertiary/aromatic N) is 4. The van der Waals surface area contributed by atoms with Gasteiger partial charge in [-0.05, 0) is 12.5 Å². The van der Waals surface area contributed by atoms with E-state index >= 15 is 0 Å². The highest BCUT2D eigenvalue weighted by molar-refractivity contribution is 5.90. The molecule has 0 spiro atoms. The highest BCUT2D eigenvalue weighted by Gasteiger charge is 2.30. The number of likely N-dealkylation sites (tertiary alicyclic amines) is 1. The van der Waals surface area contributed by atoms with E-state index < -0.39 is 11.9 Å². The van der Waals surface area contributed by atoms with E-state index in [2.05, 4.69) is 20.4 Å². The van der Waals surface area contributed by atoms with Gasteiger partial charge in [0.05, 0.1) is 30.1 Å². The maximum absolute atomic E-state index is 14.4. The van der Waals surface area contributed by atoms with Gasteiger partial charge in [-0.1, -0.05) is 5.16 Å². The van der Waals surface area contributed by atoms with Crippen LogP contribution >= 0.6 is 0 Å². The van der Waals surface area contributed by atoms with Crippen molar-refractivity contribution in [3.8, 4) is 5.88 Å². The molecule has 3 rings (SSSR count). The summed E-state index contributed by atoms with van der Waals surface area (Å²) in [5.74, 6) is -0.280. The van der Waals surface area contributed by atoms with E-state index in [0.717, 1.165) is 0 Å². The molecule has 2 aromatic heterocycles. The zero-order valence-electron chi connectivity index (χ0n) is 14.7. The summed E-state index contributed by atoms with van der Waals surface area (Å²) in [5, 5.41) is 23.4. The summed E-state index contributed by atoms with van der Waals surface area (Å²) in [6.07, 6.45) is 0.426. The van der Waals surface area contributed by atoms with E-state index in [0.29, 0.717) is 54.2 Å². The van der Waals surface area contributed by atoms with Crippen molar-refractivity contribution in [2.24, 2.45) is 11.1 Å². The van der Waals surface area contributed by atoms with Gasteiger partial charge in [0.15, 0.2) is 0 Å². The van der Waals surface area contributed by atoms with Gasteiger partial charge >= 0.3 is 6.09 Å². The van der Waals surface area contributed by atoms with Crippen LogP contribution in [0.4, 0.5) is 9.18 Å². The van der Waals surface area contributed by atoms with Crippen LogP contribution in [0.25, 0.3) is 11.0 Å². The van der Waals surface area contributed by atoms with Gasteiger partial charge in [0, 0.05) is 43.7 Å². The number of methoxy groups -OCH3 is 1. The first-order chi connectivity index (χ1) is 13.0. The smallest absolute Gasteiger partial charge is 0.404 e. The summed E-state index contributed by atoms with van der Waals surface area (Å²) in [6.45, 7) is 1.57. The minimum absolute atomic E-state index is 0.163. The number of aromatic nitrogens is 2. The van der Waals surface area contributed by atoms with E-state index in [4.69, 9.17) is 15.1 Å². The van der Waals surface area contributed by atoms with Crippen LogP contribution in [-0.2, 0) is 6.42 Å². The molecule has 0 aliphatic carbocycles. The van der Waals surface area contributed by atoms with Gasteiger partial charge in [-0.2, -0.15) is 0 Å². The van der Waals surface area contributed by atoms with Crippen molar-refractivity contribution in [2.75, 3.05) is 33.3 Å². The summed E-state index contributed by atoms with van der Waals surface area (Å²) in [6, 6.07) is 3.39. The molecule has 1 saturated heterocycles. The Kier molecular flexibility index (Phi) is 5.65. The molecular weight excluding hydrogens is 357 g/mol. The van der Waals surface area contributed by atoms with Gasteiger partial charge in [0.1, 0.15) is 5.82 Å². The van der Waals surface area contributed by atoms with Crippen molar-refractivity contribution in [3.63, 3.8) is 0 Å². The number of pyridine rings is 2. The van der Waals surface area contributed by atoms with Crippen LogP contribution in [0.15, 0.2) is 23.5 Å². The molecule has 1 aliphatic heterocycles. The second-order valence-electron chi connectivity index (χ2n) is 6.27. The second-order valence-corrected chi connectivity index (χ2v) is 6.27. The number of hydrogen-bond donors (Lipinski definition) is 3.